The molecule has 1 heterocycles. The third-order valence-corrected chi connectivity index (χ3v) is 3.82. The number of carbonyl (C=O) groups excluding carboxylic acids is 1. The first-order valence-corrected chi connectivity index (χ1v) is 7.08. The topological polar surface area (TPSA) is 73.4 Å². The quantitative estimate of drug-likeness (QED) is 0.857. The van der Waals surface area contributed by atoms with Gasteiger partial charge in [-0.25, -0.2) is 4.79 Å². The molecule has 0 bridgehead atoms. The number of carboxylic acid groups (broad SMARTS) is 1. The van der Waals surface area contributed by atoms with E-state index in [1.54, 1.807) is 14.0 Å². The van der Waals surface area contributed by atoms with Crippen LogP contribution in [-0.2, 0) is 16.0 Å². The van der Waals surface area contributed by atoms with E-state index in [4.69, 9.17) is 5.11 Å². The first kappa shape index (κ1) is 15.1. The Hall–Kier alpha value is -2.30. The molecule has 5 heteroatoms. The van der Waals surface area contributed by atoms with Gasteiger partial charge in [0.1, 0.15) is 6.04 Å². The van der Waals surface area contributed by atoms with E-state index in [-0.39, 0.29) is 5.91 Å². The van der Waals surface area contributed by atoms with E-state index in [2.05, 4.69) is 4.98 Å². The molecule has 0 fully saturated rings. The minimum atomic E-state index is -0.958. The number of aryl methyl sites for hydroxylation is 1. The molecule has 0 aliphatic heterocycles. The van der Waals surface area contributed by atoms with Crippen LogP contribution < -0.4 is 0 Å². The molecule has 2 N–H and O–H groups in total. The summed E-state index contributed by atoms with van der Waals surface area (Å²) in [6.07, 6.45) is 3.22. The van der Waals surface area contributed by atoms with Crippen molar-refractivity contribution in [2.75, 3.05) is 7.05 Å². The largest absolute Gasteiger partial charge is 0.480 e. The Morgan fingerprint density at radius 3 is 2.71 bits per heavy atom. The zero-order chi connectivity index (χ0) is 15.4. The van der Waals surface area contributed by atoms with Crippen LogP contribution in [0.2, 0.25) is 0 Å². The number of amides is 1. The number of nitrogens with zero attached hydrogens (tertiary/aromatic N) is 1. The Kier molecular flexibility index (Phi) is 4.62. The van der Waals surface area contributed by atoms with E-state index in [9.17, 15) is 9.59 Å². The number of rotatable bonds is 6. The van der Waals surface area contributed by atoms with Crippen molar-refractivity contribution in [3.8, 4) is 0 Å². The Morgan fingerprint density at radius 2 is 2.05 bits per heavy atom. The van der Waals surface area contributed by atoms with E-state index in [1.165, 1.54) is 4.90 Å². The van der Waals surface area contributed by atoms with Gasteiger partial charge in [0.2, 0.25) is 5.91 Å². The molecule has 1 aromatic carbocycles. The second-order valence-corrected chi connectivity index (χ2v) is 5.13. The lowest BCUT2D eigenvalue weighted by Gasteiger charge is -2.23. The summed E-state index contributed by atoms with van der Waals surface area (Å²) >= 11 is 0. The SMILES string of the molecule is CCC(C(=O)O)N(C)C(=O)CCc1c[nH]c2ccccc12. The number of benzene rings is 1. The Labute approximate surface area is 123 Å². The smallest absolute Gasteiger partial charge is 0.326 e. The van der Waals surface area contributed by atoms with Gasteiger partial charge in [-0.3, -0.25) is 4.79 Å². The summed E-state index contributed by atoms with van der Waals surface area (Å²) in [4.78, 5) is 27.7. The maximum absolute atomic E-state index is 12.1. The molecule has 1 aromatic heterocycles. The van der Waals surface area contributed by atoms with Crippen molar-refractivity contribution in [2.24, 2.45) is 0 Å². The van der Waals surface area contributed by atoms with Crippen LogP contribution in [0.15, 0.2) is 30.5 Å². The van der Waals surface area contributed by atoms with Crippen LogP contribution in [0.1, 0.15) is 25.3 Å². The van der Waals surface area contributed by atoms with Crippen molar-refractivity contribution in [1.29, 1.82) is 0 Å². The summed E-state index contributed by atoms with van der Waals surface area (Å²) in [6.45, 7) is 1.77. The summed E-state index contributed by atoms with van der Waals surface area (Å²) in [5, 5.41) is 10.2. The second-order valence-electron chi connectivity index (χ2n) is 5.13. The molecular weight excluding hydrogens is 268 g/mol. The number of hydrogen-bond acceptors (Lipinski definition) is 2. The number of likely N-dealkylation sites (N-methyl/N-ethyl adjacent to an activating group) is 1. The zero-order valence-electron chi connectivity index (χ0n) is 12.3. The molecule has 0 spiro atoms. The predicted octanol–water partition coefficient (Wildman–Crippen LogP) is 2.42. The Balaban J connectivity index is 2.02. The maximum atomic E-state index is 12.1. The third-order valence-electron chi connectivity index (χ3n) is 3.82. The van der Waals surface area contributed by atoms with Crippen LogP contribution in [-0.4, -0.2) is 40.0 Å². The molecule has 1 atom stereocenters. The number of carboxylic acids is 1. The molecule has 2 rings (SSSR count). The fourth-order valence-corrected chi connectivity index (χ4v) is 2.54. The molecule has 1 unspecified atom stereocenters. The van der Waals surface area contributed by atoms with Crippen LogP contribution in [0, 0.1) is 0 Å². The normalized spacial score (nSPS) is 12.3. The molecule has 0 saturated carbocycles. The van der Waals surface area contributed by atoms with Crippen LogP contribution in [0.3, 0.4) is 0 Å². The average Bonchev–Trinajstić information content (AvgIpc) is 2.88. The molecule has 0 radical (unpaired) electrons. The van der Waals surface area contributed by atoms with E-state index in [1.807, 2.05) is 30.5 Å². The summed E-state index contributed by atoms with van der Waals surface area (Å²) in [5.41, 5.74) is 2.13. The predicted molar refractivity (Wildman–Crippen MR) is 81.1 cm³/mol. The lowest BCUT2D eigenvalue weighted by Crippen LogP contribution is -2.42. The van der Waals surface area contributed by atoms with E-state index >= 15 is 0 Å². The van der Waals surface area contributed by atoms with Crippen molar-refractivity contribution < 1.29 is 14.7 Å². The number of aromatic amines is 1. The lowest BCUT2D eigenvalue weighted by molar-refractivity contribution is -0.149. The van der Waals surface area contributed by atoms with Crippen molar-refractivity contribution in [3.05, 3.63) is 36.0 Å². The number of hydrogen-bond donors (Lipinski definition) is 2. The molecular formula is C16H20N2O3. The molecule has 5 nitrogen and oxygen atoms in total. The van der Waals surface area contributed by atoms with Crippen molar-refractivity contribution in [3.63, 3.8) is 0 Å². The van der Waals surface area contributed by atoms with Gasteiger partial charge >= 0.3 is 5.97 Å². The van der Waals surface area contributed by atoms with Gasteiger partial charge in [-0.1, -0.05) is 25.1 Å². The van der Waals surface area contributed by atoms with Crippen LogP contribution in [0.25, 0.3) is 10.9 Å². The van der Waals surface area contributed by atoms with Gasteiger partial charge in [-0.2, -0.15) is 0 Å². The fourth-order valence-electron chi connectivity index (χ4n) is 2.54. The average molecular weight is 288 g/mol. The molecule has 0 saturated heterocycles. The van der Waals surface area contributed by atoms with Crippen molar-refractivity contribution in [2.45, 2.75) is 32.2 Å². The number of fused-ring (bicyclic) bond motifs is 1. The highest BCUT2D eigenvalue weighted by molar-refractivity contribution is 5.85. The highest BCUT2D eigenvalue weighted by Gasteiger charge is 2.24. The maximum Gasteiger partial charge on any atom is 0.326 e. The highest BCUT2D eigenvalue weighted by atomic mass is 16.4. The van der Waals surface area contributed by atoms with Gasteiger partial charge in [-0.05, 0) is 24.5 Å². The summed E-state index contributed by atoms with van der Waals surface area (Å²) in [5.74, 6) is -1.10. The van der Waals surface area contributed by atoms with Crippen molar-refractivity contribution >= 4 is 22.8 Å². The van der Waals surface area contributed by atoms with Gasteiger partial charge in [0, 0.05) is 30.6 Å². The minimum Gasteiger partial charge on any atom is -0.480 e. The number of H-pyrrole nitrogens is 1. The van der Waals surface area contributed by atoms with E-state index in [0.29, 0.717) is 19.3 Å². The van der Waals surface area contributed by atoms with Gasteiger partial charge < -0.3 is 15.0 Å². The molecule has 2 aromatic rings. The molecule has 0 aliphatic carbocycles. The van der Waals surface area contributed by atoms with Crippen LogP contribution in [0.4, 0.5) is 0 Å². The first-order valence-electron chi connectivity index (χ1n) is 7.08. The number of para-hydroxylation sites is 1. The van der Waals surface area contributed by atoms with Gasteiger partial charge in [0.05, 0.1) is 0 Å². The molecule has 1 amide bonds. The van der Waals surface area contributed by atoms with Crippen LogP contribution in [0.5, 0.6) is 0 Å². The monoisotopic (exact) mass is 288 g/mol. The fraction of sp³-hybridized carbons (Fsp3) is 0.375. The molecule has 112 valence electrons. The van der Waals surface area contributed by atoms with Crippen molar-refractivity contribution in [1.82, 2.24) is 9.88 Å². The first-order chi connectivity index (χ1) is 10.0. The minimum absolute atomic E-state index is 0.144. The number of nitrogens with one attached hydrogen (secondary N) is 1. The van der Waals surface area contributed by atoms with Crippen LogP contribution >= 0.6 is 0 Å². The zero-order valence-corrected chi connectivity index (χ0v) is 12.3. The van der Waals surface area contributed by atoms with Gasteiger partial charge in [-0.15, -0.1) is 0 Å². The number of aliphatic carboxylic acids is 1. The third kappa shape index (κ3) is 3.24. The standard InChI is InChI=1S/C16H20N2O3/c1-3-14(16(20)21)18(2)15(19)9-8-11-10-17-13-7-5-4-6-12(11)13/h4-7,10,14,17H,3,8-9H2,1-2H3,(H,20,21). The number of aromatic nitrogens is 1. The number of carbonyl (C=O) groups is 2. The highest BCUT2D eigenvalue weighted by Crippen LogP contribution is 2.19. The van der Waals surface area contributed by atoms with E-state index < -0.39 is 12.0 Å². The van der Waals surface area contributed by atoms with Gasteiger partial charge in [0.25, 0.3) is 0 Å². The summed E-state index contributed by atoms with van der Waals surface area (Å²) < 4.78 is 0. The Bertz CT molecular complexity index is 648. The van der Waals surface area contributed by atoms with E-state index in [0.717, 1.165) is 16.5 Å². The summed E-state index contributed by atoms with van der Waals surface area (Å²) in [7, 11) is 1.56. The molecule has 0 aliphatic rings. The Morgan fingerprint density at radius 1 is 1.33 bits per heavy atom. The van der Waals surface area contributed by atoms with Gasteiger partial charge in [0.15, 0.2) is 0 Å². The molecule has 21 heavy (non-hydrogen) atoms. The summed E-state index contributed by atoms with van der Waals surface area (Å²) in [6, 6.07) is 7.18. The second kappa shape index (κ2) is 6.43. The lowest BCUT2D eigenvalue weighted by atomic mass is 10.1.